The van der Waals surface area contributed by atoms with E-state index in [1.165, 1.54) is 15.9 Å². The van der Waals surface area contributed by atoms with Gasteiger partial charge in [-0.1, -0.05) is 72.8 Å². The summed E-state index contributed by atoms with van der Waals surface area (Å²) in [5.74, 6) is 1.22. The Balaban J connectivity index is 1.35. The van der Waals surface area contributed by atoms with Crippen molar-refractivity contribution in [2.45, 2.75) is 18.9 Å². The van der Waals surface area contributed by atoms with Gasteiger partial charge in [-0.25, -0.2) is 0 Å². The Morgan fingerprint density at radius 3 is 2.31 bits per heavy atom. The second-order valence-corrected chi connectivity index (χ2v) is 7.39. The van der Waals surface area contributed by atoms with Gasteiger partial charge in [0.05, 0.1) is 7.11 Å². The quantitative estimate of drug-likeness (QED) is 0.441. The summed E-state index contributed by atoms with van der Waals surface area (Å²) in [4.78, 5) is 13.8. The lowest BCUT2D eigenvalue weighted by atomic mass is 9.88. The van der Waals surface area contributed by atoms with E-state index in [9.17, 15) is 4.79 Å². The molecular formula is C25H25N5O2. The number of amides is 1. The zero-order valence-corrected chi connectivity index (χ0v) is 17.9. The molecule has 1 aromatic heterocycles. The van der Waals surface area contributed by atoms with Crippen LogP contribution in [0.3, 0.4) is 0 Å². The Morgan fingerprint density at radius 1 is 0.969 bits per heavy atom. The van der Waals surface area contributed by atoms with Crippen LogP contribution in [-0.2, 0) is 11.3 Å². The molecule has 1 amide bonds. The third-order valence-corrected chi connectivity index (χ3v) is 5.22. The summed E-state index contributed by atoms with van der Waals surface area (Å²) in [5.41, 5.74) is 3.24. The first-order chi connectivity index (χ1) is 15.7. The van der Waals surface area contributed by atoms with Crippen molar-refractivity contribution in [3.05, 3.63) is 96.1 Å². The fourth-order valence-corrected chi connectivity index (χ4v) is 3.62. The highest BCUT2D eigenvalue weighted by molar-refractivity contribution is 5.75. The van der Waals surface area contributed by atoms with E-state index in [1.54, 1.807) is 7.11 Å². The van der Waals surface area contributed by atoms with Crippen molar-refractivity contribution in [1.82, 2.24) is 25.5 Å². The maximum Gasteiger partial charge on any atom is 0.243 e. The van der Waals surface area contributed by atoms with Crippen LogP contribution in [0.5, 0.6) is 5.75 Å². The number of carbonyl (C=O) groups excluding carboxylic acids is 1. The van der Waals surface area contributed by atoms with Gasteiger partial charge < -0.3 is 10.1 Å². The van der Waals surface area contributed by atoms with E-state index in [4.69, 9.17) is 4.74 Å². The van der Waals surface area contributed by atoms with Crippen LogP contribution in [-0.4, -0.2) is 39.8 Å². The van der Waals surface area contributed by atoms with E-state index >= 15 is 0 Å². The van der Waals surface area contributed by atoms with E-state index in [-0.39, 0.29) is 18.4 Å². The molecule has 4 aromatic rings. The van der Waals surface area contributed by atoms with Crippen molar-refractivity contribution >= 4 is 5.91 Å². The van der Waals surface area contributed by atoms with Gasteiger partial charge >= 0.3 is 0 Å². The first-order valence-corrected chi connectivity index (χ1v) is 10.5. The van der Waals surface area contributed by atoms with Crippen molar-refractivity contribution in [2.75, 3.05) is 13.7 Å². The van der Waals surface area contributed by atoms with Crippen LogP contribution in [0.15, 0.2) is 84.9 Å². The van der Waals surface area contributed by atoms with E-state index in [0.29, 0.717) is 18.1 Å². The number of aromatic nitrogens is 4. The molecule has 0 aliphatic rings. The summed E-state index contributed by atoms with van der Waals surface area (Å²) >= 11 is 0. The molecule has 0 saturated carbocycles. The molecule has 0 saturated heterocycles. The SMILES string of the molecule is COc1cccc(-c2nnn(CC(=O)NCCC(c3ccccc3)c3ccccc3)n2)c1. The van der Waals surface area contributed by atoms with Gasteiger partial charge in [-0.2, -0.15) is 4.80 Å². The van der Waals surface area contributed by atoms with Crippen LogP contribution in [0, 0.1) is 0 Å². The number of tetrazole rings is 1. The zero-order chi connectivity index (χ0) is 22.2. The van der Waals surface area contributed by atoms with Crippen LogP contribution in [0.4, 0.5) is 0 Å². The molecular weight excluding hydrogens is 402 g/mol. The first-order valence-electron chi connectivity index (χ1n) is 10.5. The van der Waals surface area contributed by atoms with Crippen molar-refractivity contribution < 1.29 is 9.53 Å². The minimum Gasteiger partial charge on any atom is -0.497 e. The van der Waals surface area contributed by atoms with Crippen molar-refractivity contribution in [1.29, 1.82) is 0 Å². The third-order valence-electron chi connectivity index (χ3n) is 5.22. The number of benzene rings is 3. The molecule has 1 heterocycles. The Labute approximate surface area is 187 Å². The van der Waals surface area contributed by atoms with Crippen LogP contribution in [0.1, 0.15) is 23.5 Å². The summed E-state index contributed by atoms with van der Waals surface area (Å²) in [5, 5.41) is 15.3. The fraction of sp³-hybridized carbons (Fsp3) is 0.200. The van der Waals surface area contributed by atoms with Gasteiger partial charge in [0.1, 0.15) is 12.3 Å². The fourth-order valence-electron chi connectivity index (χ4n) is 3.62. The number of rotatable bonds is 9. The number of hydrogen-bond donors (Lipinski definition) is 1. The minimum absolute atomic E-state index is 0.0122. The number of carbonyl (C=O) groups is 1. The number of methoxy groups -OCH3 is 1. The topological polar surface area (TPSA) is 81.9 Å². The smallest absolute Gasteiger partial charge is 0.243 e. The van der Waals surface area contributed by atoms with E-state index in [2.05, 4.69) is 45.0 Å². The first kappa shape index (κ1) is 21.2. The number of nitrogens with one attached hydrogen (secondary N) is 1. The predicted octanol–water partition coefficient (Wildman–Crippen LogP) is 3.69. The Hall–Kier alpha value is -4.00. The van der Waals surface area contributed by atoms with Crippen LogP contribution in [0.25, 0.3) is 11.4 Å². The second-order valence-electron chi connectivity index (χ2n) is 7.39. The summed E-state index contributed by atoms with van der Waals surface area (Å²) in [7, 11) is 1.61. The standard InChI is InChI=1S/C25H25N5O2/c1-32-22-14-8-13-21(17-22)25-27-29-30(28-25)18-24(31)26-16-15-23(19-9-4-2-5-10-19)20-11-6-3-7-12-20/h2-14,17,23H,15-16,18H2,1H3,(H,26,31). The molecule has 0 bridgehead atoms. The van der Waals surface area contributed by atoms with E-state index < -0.39 is 0 Å². The molecule has 7 nitrogen and oxygen atoms in total. The predicted molar refractivity (Wildman–Crippen MR) is 122 cm³/mol. The Kier molecular flexibility index (Phi) is 6.87. The minimum atomic E-state index is -0.153. The molecule has 0 atom stereocenters. The van der Waals surface area contributed by atoms with Gasteiger partial charge in [0.15, 0.2) is 0 Å². The summed E-state index contributed by atoms with van der Waals surface area (Å²) in [6.45, 7) is 0.559. The largest absolute Gasteiger partial charge is 0.497 e. The average molecular weight is 428 g/mol. The highest BCUT2D eigenvalue weighted by Crippen LogP contribution is 2.27. The number of ether oxygens (including phenoxy) is 1. The molecule has 4 rings (SSSR count). The van der Waals surface area contributed by atoms with Gasteiger partial charge in [0.25, 0.3) is 0 Å². The number of hydrogen-bond acceptors (Lipinski definition) is 5. The lowest BCUT2D eigenvalue weighted by molar-refractivity contribution is -0.122. The maximum absolute atomic E-state index is 12.5. The third kappa shape index (κ3) is 5.37. The van der Waals surface area contributed by atoms with E-state index in [1.807, 2.05) is 60.7 Å². The van der Waals surface area contributed by atoms with Crippen LogP contribution in [0.2, 0.25) is 0 Å². The molecule has 0 radical (unpaired) electrons. The van der Waals surface area contributed by atoms with Crippen molar-refractivity contribution in [2.24, 2.45) is 0 Å². The second kappa shape index (κ2) is 10.3. The summed E-state index contributed by atoms with van der Waals surface area (Å²) in [6, 6.07) is 28.1. The lowest BCUT2D eigenvalue weighted by Gasteiger charge is -2.18. The van der Waals surface area contributed by atoms with E-state index in [0.717, 1.165) is 12.0 Å². The molecule has 32 heavy (non-hydrogen) atoms. The average Bonchev–Trinajstić information content (AvgIpc) is 3.31. The highest BCUT2D eigenvalue weighted by Gasteiger charge is 2.15. The number of nitrogens with zero attached hydrogens (tertiary/aromatic N) is 4. The monoisotopic (exact) mass is 427 g/mol. The molecule has 0 unspecified atom stereocenters. The van der Waals surface area contributed by atoms with Gasteiger partial charge in [-0.05, 0) is 34.9 Å². The molecule has 0 aliphatic heterocycles. The van der Waals surface area contributed by atoms with Crippen LogP contribution >= 0.6 is 0 Å². The van der Waals surface area contributed by atoms with Gasteiger partial charge in [-0.15, -0.1) is 10.2 Å². The molecule has 0 fully saturated rings. The highest BCUT2D eigenvalue weighted by atomic mass is 16.5. The van der Waals surface area contributed by atoms with Crippen molar-refractivity contribution in [3.8, 4) is 17.1 Å². The Morgan fingerprint density at radius 2 is 1.66 bits per heavy atom. The maximum atomic E-state index is 12.5. The van der Waals surface area contributed by atoms with Gasteiger partial charge in [-0.3, -0.25) is 4.79 Å². The summed E-state index contributed by atoms with van der Waals surface area (Å²) in [6.07, 6.45) is 0.791. The molecule has 0 spiro atoms. The summed E-state index contributed by atoms with van der Waals surface area (Å²) < 4.78 is 5.23. The lowest BCUT2D eigenvalue weighted by Crippen LogP contribution is -2.30. The Bertz CT molecular complexity index is 1110. The molecule has 3 aromatic carbocycles. The van der Waals surface area contributed by atoms with Crippen LogP contribution < -0.4 is 10.1 Å². The molecule has 162 valence electrons. The molecule has 1 N–H and O–H groups in total. The van der Waals surface area contributed by atoms with Gasteiger partial charge in [0, 0.05) is 18.0 Å². The van der Waals surface area contributed by atoms with Gasteiger partial charge in [0.2, 0.25) is 11.7 Å². The molecule has 7 heteroatoms. The normalized spacial score (nSPS) is 10.8. The molecule has 0 aliphatic carbocycles. The van der Waals surface area contributed by atoms with Crippen molar-refractivity contribution in [3.63, 3.8) is 0 Å². The zero-order valence-electron chi connectivity index (χ0n) is 17.9.